The third kappa shape index (κ3) is 3.09. The van der Waals surface area contributed by atoms with Crippen LogP contribution < -0.4 is 5.32 Å². The van der Waals surface area contributed by atoms with Crippen LogP contribution in [0.2, 0.25) is 0 Å². The van der Waals surface area contributed by atoms with Crippen molar-refractivity contribution in [2.75, 3.05) is 6.54 Å². The molecule has 0 atom stereocenters. The monoisotopic (exact) mass is 219 g/mol. The molecule has 0 aliphatic heterocycles. The molecule has 0 bridgehead atoms. The van der Waals surface area contributed by atoms with Gasteiger partial charge in [0.05, 0.1) is 0 Å². The van der Waals surface area contributed by atoms with Crippen LogP contribution in [-0.2, 0) is 10.2 Å². The lowest BCUT2D eigenvalue weighted by Gasteiger charge is -2.27. The second-order valence-electron chi connectivity index (χ2n) is 5.11. The molecule has 2 nitrogen and oxygen atoms in total. The first-order chi connectivity index (χ1) is 7.33. The molecule has 16 heavy (non-hydrogen) atoms. The molecule has 0 aliphatic rings. The highest BCUT2D eigenvalue weighted by atomic mass is 16.1. The first-order valence-corrected chi connectivity index (χ1v) is 5.65. The number of rotatable bonds is 3. The Balaban J connectivity index is 2.96. The lowest BCUT2D eigenvalue weighted by molar-refractivity contribution is -0.119. The van der Waals surface area contributed by atoms with E-state index < -0.39 is 0 Å². The first kappa shape index (κ1) is 12.8. The molecule has 0 aromatic heterocycles. The lowest BCUT2D eigenvalue weighted by atomic mass is 9.81. The maximum Gasteiger partial charge on any atom is 0.216 e. The number of aryl methyl sites for hydroxylation is 2. The Morgan fingerprint density at radius 1 is 1.31 bits per heavy atom. The summed E-state index contributed by atoms with van der Waals surface area (Å²) >= 11 is 0. The van der Waals surface area contributed by atoms with Crippen LogP contribution in [0.25, 0.3) is 0 Å². The van der Waals surface area contributed by atoms with Gasteiger partial charge in [-0.1, -0.05) is 37.6 Å². The number of nitrogens with one attached hydrogen (secondary N) is 1. The molecule has 1 amide bonds. The van der Waals surface area contributed by atoms with Crippen molar-refractivity contribution in [3.8, 4) is 0 Å². The average Bonchev–Trinajstić information content (AvgIpc) is 2.19. The van der Waals surface area contributed by atoms with Gasteiger partial charge < -0.3 is 5.32 Å². The number of amides is 1. The van der Waals surface area contributed by atoms with E-state index >= 15 is 0 Å². The molecule has 0 fully saturated rings. The summed E-state index contributed by atoms with van der Waals surface area (Å²) in [6.07, 6.45) is 0. The predicted octanol–water partition coefficient (Wildman–Crippen LogP) is 2.72. The lowest BCUT2D eigenvalue weighted by Crippen LogP contribution is -2.36. The Labute approximate surface area is 98.1 Å². The summed E-state index contributed by atoms with van der Waals surface area (Å²) in [5, 5.41) is 2.89. The van der Waals surface area contributed by atoms with E-state index in [1.807, 2.05) is 0 Å². The van der Waals surface area contributed by atoms with E-state index in [0.717, 1.165) is 0 Å². The Bertz CT molecular complexity index is 394. The van der Waals surface area contributed by atoms with Crippen molar-refractivity contribution in [1.29, 1.82) is 0 Å². The van der Waals surface area contributed by atoms with E-state index in [9.17, 15) is 4.79 Å². The van der Waals surface area contributed by atoms with Crippen molar-refractivity contribution >= 4 is 5.91 Å². The van der Waals surface area contributed by atoms with Crippen molar-refractivity contribution in [2.24, 2.45) is 0 Å². The molecule has 0 saturated carbocycles. The molecule has 0 saturated heterocycles. The summed E-state index contributed by atoms with van der Waals surface area (Å²) in [6.45, 7) is 10.8. The van der Waals surface area contributed by atoms with E-state index in [1.165, 1.54) is 16.7 Å². The zero-order chi connectivity index (χ0) is 12.3. The third-order valence-corrected chi connectivity index (χ3v) is 2.90. The summed E-state index contributed by atoms with van der Waals surface area (Å²) in [5.41, 5.74) is 3.82. The van der Waals surface area contributed by atoms with Gasteiger partial charge in [-0.3, -0.25) is 4.79 Å². The Kier molecular flexibility index (Phi) is 3.74. The zero-order valence-corrected chi connectivity index (χ0v) is 10.8. The number of carbonyl (C=O) groups excluding carboxylic acids is 1. The van der Waals surface area contributed by atoms with Crippen molar-refractivity contribution in [3.05, 3.63) is 34.9 Å². The molecule has 1 aromatic carbocycles. The molecule has 2 heteroatoms. The van der Waals surface area contributed by atoms with E-state index in [1.54, 1.807) is 6.92 Å². The fraction of sp³-hybridized carbons (Fsp3) is 0.500. The van der Waals surface area contributed by atoms with Crippen LogP contribution >= 0.6 is 0 Å². The summed E-state index contributed by atoms with van der Waals surface area (Å²) < 4.78 is 0. The largest absolute Gasteiger partial charge is 0.355 e. The van der Waals surface area contributed by atoms with Gasteiger partial charge in [0.25, 0.3) is 0 Å². The van der Waals surface area contributed by atoms with E-state index in [-0.39, 0.29) is 11.3 Å². The number of hydrogen-bond donors (Lipinski definition) is 1. The second-order valence-corrected chi connectivity index (χ2v) is 5.11. The minimum Gasteiger partial charge on any atom is -0.355 e. The van der Waals surface area contributed by atoms with Gasteiger partial charge in [0, 0.05) is 18.9 Å². The minimum absolute atomic E-state index is 0.0260. The molecule has 0 heterocycles. The normalized spacial score (nSPS) is 11.3. The summed E-state index contributed by atoms with van der Waals surface area (Å²) in [5.74, 6) is 0.0263. The molecule has 1 rings (SSSR count). The highest BCUT2D eigenvalue weighted by Gasteiger charge is 2.22. The molecule has 0 unspecified atom stereocenters. The highest BCUT2D eigenvalue weighted by Crippen LogP contribution is 2.26. The maximum absolute atomic E-state index is 11.0. The van der Waals surface area contributed by atoms with Crippen LogP contribution in [0, 0.1) is 13.8 Å². The minimum atomic E-state index is -0.0260. The van der Waals surface area contributed by atoms with Gasteiger partial charge >= 0.3 is 0 Å². The standard InChI is InChI=1S/C14H21NO/c1-10-6-7-11(2)13(8-10)14(4,5)9-15-12(3)16/h6-8H,9H2,1-5H3,(H,15,16). The SMILES string of the molecule is CC(=O)NCC(C)(C)c1cc(C)ccc1C. The quantitative estimate of drug-likeness (QED) is 0.832. The molecule has 0 spiro atoms. The number of benzene rings is 1. The van der Waals surface area contributed by atoms with E-state index in [2.05, 4.69) is 51.2 Å². The zero-order valence-electron chi connectivity index (χ0n) is 10.8. The third-order valence-electron chi connectivity index (χ3n) is 2.90. The molecular weight excluding hydrogens is 198 g/mol. The number of hydrogen-bond acceptors (Lipinski definition) is 1. The summed E-state index contributed by atoms with van der Waals surface area (Å²) in [4.78, 5) is 11.0. The molecule has 0 aliphatic carbocycles. The Morgan fingerprint density at radius 2 is 1.94 bits per heavy atom. The maximum atomic E-state index is 11.0. The molecular formula is C14H21NO. The molecule has 0 radical (unpaired) electrons. The van der Waals surface area contributed by atoms with Gasteiger partial charge in [-0.2, -0.15) is 0 Å². The second kappa shape index (κ2) is 4.69. The summed E-state index contributed by atoms with van der Waals surface area (Å²) in [7, 11) is 0. The van der Waals surface area contributed by atoms with Crippen LogP contribution in [0.1, 0.15) is 37.5 Å². The smallest absolute Gasteiger partial charge is 0.216 e. The van der Waals surface area contributed by atoms with Crippen LogP contribution in [0.5, 0.6) is 0 Å². The fourth-order valence-electron chi connectivity index (χ4n) is 1.91. The van der Waals surface area contributed by atoms with Crippen LogP contribution in [0.4, 0.5) is 0 Å². The van der Waals surface area contributed by atoms with Crippen LogP contribution in [-0.4, -0.2) is 12.5 Å². The number of carbonyl (C=O) groups is 1. The van der Waals surface area contributed by atoms with E-state index in [4.69, 9.17) is 0 Å². The van der Waals surface area contributed by atoms with Gasteiger partial charge in [-0.25, -0.2) is 0 Å². The molecule has 1 aromatic rings. The van der Waals surface area contributed by atoms with Crippen molar-refractivity contribution in [3.63, 3.8) is 0 Å². The average molecular weight is 219 g/mol. The van der Waals surface area contributed by atoms with Gasteiger partial charge in [0.1, 0.15) is 0 Å². The van der Waals surface area contributed by atoms with Crippen molar-refractivity contribution in [2.45, 2.75) is 40.0 Å². The van der Waals surface area contributed by atoms with Gasteiger partial charge in [-0.05, 0) is 25.0 Å². The summed E-state index contributed by atoms with van der Waals surface area (Å²) in [6, 6.07) is 6.46. The highest BCUT2D eigenvalue weighted by molar-refractivity contribution is 5.73. The topological polar surface area (TPSA) is 29.1 Å². The molecule has 88 valence electrons. The predicted molar refractivity (Wildman–Crippen MR) is 67.6 cm³/mol. The Morgan fingerprint density at radius 3 is 2.50 bits per heavy atom. The van der Waals surface area contributed by atoms with E-state index in [0.29, 0.717) is 6.54 Å². The fourth-order valence-corrected chi connectivity index (χ4v) is 1.91. The van der Waals surface area contributed by atoms with Crippen LogP contribution in [0.3, 0.4) is 0 Å². The molecule has 1 N–H and O–H groups in total. The van der Waals surface area contributed by atoms with Gasteiger partial charge in [0.2, 0.25) is 5.91 Å². The van der Waals surface area contributed by atoms with Crippen LogP contribution in [0.15, 0.2) is 18.2 Å². The Hall–Kier alpha value is -1.31. The van der Waals surface area contributed by atoms with Gasteiger partial charge in [0.15, 0.2) is 0 Å². The van der Waals surface area contributed by atoms with Gasteiger partial charge in [-0.15, -0.1) is 0 Å². The van der Waals surface area contributed by atoms with Crippen molar-refractivity contribution < 1.29 is 4.79 Å². The first-order valence-electron chi connectivity index (χ1n) is 5.65. The van der Waals surface area contributed by atoms with Crippen molar-refractivity contribution in [1.82, 2.24) is 5.32 Å².